The van der Waals surface area contributed by atoms with Gasteiger partial charge in [0.25, 0.3) is 0 Å². The summed E-state index contributed by atoms with van der Waals surface area (Å²) in [6.45, 7) is 8.18. The normalized spacial score (nSPS) is 25.2. The summed E-state index contributed by atoms with van der Waals surface area (Å²) in [4.78, 5) is 15.2. The molecule has 2 aromatic carbocycles. The van der Waals surface area contributed by atoms with Gasteiger partial charge in [-0.1, -0.05) is 18.2 Å². The highest BCUT2D eigenvalue weighted by Crippen LogP contribution is 2.50. The van der Waals surface area contributed by atoms with Crippen molar-refractivity contribution in [2.75, 3.05) is 32.8 Å². The number of fused-ring (bicyclic) bond motifs is 3. The number of morpholine rings is 1. The van der Waals surface area contributed by atoms with Crippen LogP contribution in [0.4, 0.5) is 4.39 Å². The van der Waals surface area contributed by atoms with E-state index in [0.29, 0.717) is 5.56 Å². The van der Waals surface area contributed by atoms with Crippen molar-refractivity contribution in [3.8, 4) is 5.75 Å². The zero-order chi connectivity index (χ0) is 22.2. The molecule has 0 spiro atoms. The van der Waals surface area contributed by atoms with Crippen molar-refractivity contribution in [3.05, 3.63) is 64.0 Å². The Balaban J connectivity index is 1.40. The highest BCUT2D eigenvalue weighted by molar-refractivity contribution is 5.76. The van der Waals surface area contributed by atoms with E-state index in [9.17, 15) is 9.18 Å². The van der Waals surface area contributed by atoms with Crippen LogP contribution in [0.25, 0.3) is 0 Å². The van der Waals surface area contributed by atoms with Crippen molar-refractivity contribution < 1.29 is 23.4 Å². The van der Waals surface area contributed by atoms with Crippen molar-refractivity contribution in [2.24, 2.45) is 11.8 Å². The van der Waals surface area contributed by atoms with E-state index in [1.807, 2.05) is 19.1 Å². The van der Waals surface area contributed by atoms with Gasteiger partial charge >= 0.3 is 5.97 Å². The minimum absolute atomic E-state index is 0.0888. The fourth-order valence-corrected chi connectivity index (χ4v) is 5.50. The molecule has 3 aliphatic rings. The molecule has 0 saturated carbocycles. The van der Waals surface area contributed by atoms with Gasteiger partial charge in [0.2, 0.25) is 0 Å². The van der Waals surface area contributed by atoms with Gasteiger partial charge < -0.3 is 14.2 Å². The van der Waals surface area contributed by atoms with Crippen LogP contribution in [0.15, 0.2) is 30.3 Å². The number of nitrogens with zero attached hydrogens (tertiary/aromatic N) is 1. The van der Waals surface area contributed by atoms with Crippen LogP contribution in [0.5, 0.6) is 5.75 Å². The molecule has 1 unspecified atom stereocenters. The third-order valence-electron chi connectivity index (χ3n) is 7.29. The van der Waals surface area contributed by atoms with Gasteiger partial charge in [-0.15, -0.1) is 0 Å². The maximum Gasteiger partial charge on any atom is 0.311 e. The number of aryl methyl sites for hydroxylation is 1. The number of rotatable bonds is 5. The molecule has 0 amide bonds. The first-order chi connectivity index (χ1) is 15.5. The van der Waals surface area contributed by atoms with Crippen molar-refractivity contribution in [1.82, 2.24) is 4.90 Å². The molecule has 6 heteroatoms. The van der Waals surface area contributed by atoms with E-state index in [2.05, 4.69) is 11.8 Å². The highest BCUT2D eigenvalue weighted by atomic mass is 19.1. The molecule has 2 fully saturated rings. The third kappa shape index (κ3) is 3.90. The van der Waals surface area contributed by atoms with Crippen LogP contribution >= 0.6 is 0 Å². The molecule has 0 bridgehead atoms. The molecule has 2 aliphatic heterocycles. The lowest BCUT2D eigenvalue weighted by molar-refractivity contribution is -0.145. The second-order valence-electron chi connectivity index (χ2n) is 9.17. The number of benzene rings is 2. The van der Waals surface area contributed by atoms with Crippen LogP contribution in [0.3, 0.4) is 0 Å². The summed E-state index contributed by atoms with van der Waals surface area (Å²) in [6.07, 6.45) is 1.66. The molecule has 3 atom stereocenters. The Morgan fingerprint density at radius 1 is 1.19 bits per heavy atom. The maximum absolute atomic E-state index is 14.1. The van der Waals surface area contributed by atoms with E-state index < -0.39 is 0 Å². The van der Waals surface area contributed by atoms with Crippen LogP contribution in [0, 0.1) is 31.5 Å². The predicted octanol–water partition coefficient (Wildman–Crippen LogP) is 4.13. The van der Waals surface area contributed by atoms with E-state index in [4.69, 9.17) is 14.2 Å². The standard InChI is InChI=1S/C26H30FNO4/c1-16-13-23(31-15-18-5-3-4-6-22(18)27)17(2)24-19(16)7-8-20-21(26(29)32-25(20)24)14-28-9-11-30-12-10-28/h3-6,13,20-21,25H,7-12,14-15H2,1-2H3/t20-,21?,25+/m0/s1. The average molecular weight is 440 g/mol. The lowest BCUT2D eigenvalue weighted by Gasteiger charge is -2.34. The van der Waals surface area contributed by atoms with Gasteiger partial charge in [0, 0.05) is 36.7 Å². The van der Waals surface area contributed by atoms with E-state index in [-0.39, 0.29) is 36.3 Å². The number of ether oxygens (including phenoxy) is 3. The van der Waals surface area contributed by atoms with Crippen LogP contribution in [-0.2, 0) is 27.3 Å². The van der Waals surface area contributed by atoms with Crippen molar-refractivity contribution >= 4 is 5.97 Å². The van der Waals surface area contributed by atoms with Crippen molar-refractivity contribution in [2.45, 2.75) is 39.4 Å². The van der Waals surface area contributed by atoms with Crippen molar-refractivity contribution in [3.63, 3.8) is 0 Å². The molecule has 2 aromatic rings. The molecule has 0 aromatic heterocycles. The Morgan fingerprint density at radius 2 is 1.97 bits per heavy atom. The smallest absolute Gasteiger partial charge is 0.311 e. The minimum Gasteiger partial charge on any atom is -0.489 e. The monoisotopic (exact) mass is 439 g/mol. The Hall–Kier alpha value is -2.44. The van der Waals surface area contributed by atoms with Gasteiger partial charge in [-0.2, -0.15) is 0 Å². The van der Waals surface area contributed by atoms with Crippen LogP contribution in [0.2, 0.25) is 0 Å². The summed E-state index contributed by atoms with van der Waals surface area (Å²) >= 11 is 0. The fourth-order valence-electron chi connectivity index (χ4n) is 5.50. The van der Waals surface area contributed by atoms with Gasteiger partial charge in [-0.3, -0.25) is 9.69 Å². The van der Waals surface area contributed by atoms with Gasteiger partial charge in [-0.05, 0) is 55.5 Å². The van der Waals surface area contributed by atoms with E-state index in [1.165, 1.54) is 11.6 Å². The lowest BCUT2D eigenvalue weighted by Crippen LogP contribution is -2.42. The summed E-state index contributed by atoms with van der Waals surface area (Å²) in [5.74, 6) is 0.453. The highest BCUT2D eigenvalue weighted by Gasteiger charge is 2.49. The van der Waals surface area contributed by atoms with E-state index >= 15 is 0 Å². The zero-order valence-electron chi connectivity index (χ0n) is 18.7. The molecule has 32 heavy (non-hydrogen) atoms. The second-order valence-corrected chi connectivity index (χ2v) is 9.17. The molecule has 5 rings (SSSR count). The van der Waals surface area contributed by atoms with Gasteiger partial charge in [-0.25, -0.2) is 4.39 Å². The Kier molecular flexibility index (Phi) is 5.91. The minimum atomic E-state index is -0.268. The summed E-state index contributed by atoms with van der Waals surface area (Å²) in [5.41, 5.74) is 5.03. The zero-order valence-corrected chi connectivity index (χ0v) is 18.7. The van der Waals surface area contributed by atoms with E-state index in [0.717, 1.165) is 68.1 Å². The number of carbonyl (C=O) groups excluding carboxylic acids is 1. The Labute approximate surface area is 188 Å². The fraction of sp³-hybridized carbons (Fsp3) is 0.500. The molecule has 5 nitrogen and oxygen atoms in total. The number of hydrogen-bond acceptors (Lipinski definition) is 5. The average Bonchev–Trinajstić information content (AvgIpc) is 3.11. The van der Waals surface area contributed by atoms with Crippen LogP contribution < -0.4 is 4.74 Å². The number of carbonyl (C=O) groups is 1. The molecule has 0 N–H and O–H groups in total. The van der Waals surface area contributed by atoms with Crippen LogP contribution in [-0.4, -0.2) is 43.7 Å². The number of esters is 1. The van der Waals surface area contributed by atoms with Gasteiger partial charge in [0.15, 0.2) is 0 Å². The predicted molar refractivity (Wildman–Crippen MR) is 118 cm³/mol. The quantitative estimate of drug-likeness (QED) is 0.656. The van der Waals surface area contributed by atoms with E-state index in [1.54, 1.807) is 12.1 Å². The van der Waals surface area contributed by atoms with Crippen molar-refractivity contribution in [1.29, 1.82) is 0 Å². The molecular weight excluding hydrogens is 409 g/mol. The molecule has 170 valence electrons. The second kappa shape index (κ2) is 8.83. The number of hydrogen-bond donors (Lipinski definition) is 0. The first kappa shape index (κ1) is 21.4. The number of halogens is 1. The Morgan fingerprint density at radius 3 is 2.75 bits per heavy atom. The first-order valence-electron chi connectivity index (χ1n) is 11.5. The molecule has 2 saturated heterocycles. The maximum atomic E-state index is 14.1. The summed E-state index contributed by atoms with van der Waals surface area (Å²) in [5, 5.41) is 0. The summed E-state index contributed by atoms with van der Waals surface area (Å²) in [7, 11) is 0. The molecule has 2 heterocycles. The van der Waals surface area contributed by atoms with Crippen LogP contribution in [0.1, 0.15) is 40.3 Å². The topological polar surface area (TPSA) is 48.0 Å². The van der Waals surface area contributed by atoms with Gasteiger partial charge in [0.05, 0.1) is 19.1 Å². The molecule has 0 radical (unpaired) electrons. The van der Waals surface area contributed by atoms with Gasteiger partial charge in [0.1, 0.15) is 24.3 Å². The Bertz CT molecular complexity index is 1020. The lowest BCUT2D eigenvalue weighted by atomic mass is 9.74. The summed E-state index contributed by atoms with van der Waals surface area (Å²) in [6, 6.07) is 8.71. The molecular formula is C26H30FNO4. The third-order valence-corrected chi connectivity index (χ3v) is 7.29. The summed E-state index contributed by atoms with van der Waals surface area (Å²) < 4.78 is 31.6. The first-order valence-corrected chi connectivity index (χ1v) is 11.5. The molecule has 1 aliphatic carbocycles. The SMILES string of the molecule is Cc1cc(OCc2ccccc2F)c(C)c2c1CC[C@H]1C(CN3CCOCC3)C(=O)O[C@@H]21. The largest absolute Gasteiger partial charge is 0.489 e.